The molecule has 1 aromatic heterocycles. The molecule has 186 valence electrons. The third-order valence-corrected chi connectivity index (χ3v) is 6.23. The van der Waals surface area contributed by atoms with Gasteiger partial charge in [-0.25, -0.2) is 4.98 Å². The molecular formula is C31H35N3O2. The van der Waals surface area contributed by atoms with Crippen LogP contribution in [0.25, 0.3) is 17.1 Å². The fraction of sp³-hybridized carbons (Fsp3) is 0.290. The summed E-state index contributed by atoms with van der Waals surface area (Å²) in [5, 5.41) is 3.07. The van der Waals surface area contributed by atoms with Crippen LogP contribution in [-0.2, 0) is 11.3 Å². The summed E-state index contributed by atoms with van der Waals surface area (Å²) in [6.45, 7) is 9.79. The average Bonchev–Trinajstić information content (AvgIpc) is 3.24. The number of hydrogen-bond donors (Lipinski definition) is 1. The van der Waals surface area contributed by atoms with Crippen molar-refractivity contribution in [3.05, 3.63) is 101 Å². The first-order valence-corrected chi connectivity index (χ1v) is 12.6. The number of benzene rings is 3. The lowest BCUT2D eigenvalue weighted by molar-refractivity contribution is -0.117. The van der Waals surface area contributed by atoms with Crippen molar-refractivity contribution in [2.24, 2.45) is 0 Å². The van der Waals surface area contributed by atoms with Crippen LogP contribution in [0.4, 0.5) is 0 Å². The van der Waals surface area contributed by atoms with E-state index in [-0.39, 0.29) is 11.9 Å². The van der Waals surface area contributed by atoms with Gasteiger partial charge in [-0.05, 0) is 67.2 Å². The minimum absolute atomic E-state index is 0.144. The Bertz CT molecular complexity index is 1340. The smallest absolute Gasteiger partial charge is 0.244 e. The summed E-state index contributed by atoms with van der Waals surface area (Å²) >= 11 is 0. The van der Waals surface area contributed by atoms with E-state index in [0.29, 0.717) is 12.5 Å². The van der Waals surface area contributed by atoms with Gasteiger partial charge in [0.05, 0.1) is 23.7 Å². The third-order valence-electron chi connectivity index (χ3n) is 6.23. The quantitative estimate of drug-likeness (QED) is 0.200. The van der Waals surface area contributed by atoms with E-state index < -0.39 is 0 Å². The number of carbonyl (C=O) groups excluding carboxylic acids is 1. The minimum atomic E-state index is -0.240. The lowest BCUT2D eigenvalue weighted by atomic mass is 10.0. The number of aromatic nitrogens is 2. The lowest BCUT2D eigenvalue weighted by Gasteiger charge is -2.17. The highest BCUT2D eigenvalue weighted by atomic mass is 16.5. The first kappa shape index (κ1) is 25.2. The van der Waals surface area contributed by atoms with E-state index in [1.807, 2.05) is 61.5 Å². The Hall–Kier alpha value is -3.86. The zero-order valence-electron chi connectivity index (χ0n) is 21.6. The second-order valence-electron chi connectivity index (χ2n) is 9.48. The summed E-state index contributed by atoms with van der Waals surface area (Å²) in [6, 6.07) is 24.1. The molecule has 4 aromatic rings. The van der Waals surface area contributed by atoms with Gasteiger partial charge in [-0.15, -0.1) is 0 Å². The van der Waals surface area contributed by atoms with Gasteiger partial charge in [0.15, 0.2) is 0 Å². The van der Waals surface area contributed by atoms with Crippen LogP contribution in [0.2, 0.25) is 0 Å². The number of hydrogen-bond acceptors (Lipinski definition) is 3. The number of fused-ring (bicyclic) bond motifs is 1. The van der Waals surface area contributed by atoms with Crippen molar-refractivity contribution in [3.8, 4) is 5.75 Å². The summed E-state index contributed by atoms with van der Waals surface area (Å²) < 4.78 is 8.41. The zero-order chi connectivity index (χ0) is 25.5. The first-order chi connectivity index (χ1) is 17.4. The molecule has 0 spiro atoms. The molecular weight excluding hydrogens is 446 g/mol. The van der Waals surface area contributed by atoms with Gasteiger partial charge in [0.2, 0.25) is 5.91 Å². The molecule has 1 atom stereocenters. The van der Waals surface area contributed by atoms with Crippen molar-refractivity contribution >= 4 is 23.0 Å². The molecule has 4 rings (SSSR count). The third kappa shape index (κ3) is 6.22. The highest BCUT2D eigenvalue weighted by Crippen LogP contribution is 2.28. The summed E-state index contributed by atoms with van der Waals surface area (Å²) in [7, 11) is 0. The van der Waals surface area contributed by atoms with E-state index in [0.717, 1.165) is 41.1 Å². The summed E-state index contributed by atoms with van der Waals surface area (Å²) in [5.41, 5.74) is 5.40. The molecule has 0 aliphatic heterocycles. The maximum atomic E-state index is 12.6. The van der Waals surface area contributed by atoms with Crippen LogP contribution in [0.15, 0.2) is 78.9 Å². The second kappa shape index (κ2) is 11.7. The highest BCUT2D eigenvalue weighted by molar-refractivity contribution is 5.92. The van der Waals surface area contributed by atoms with Gasteiger partial charge in [-0.2, -0.15) is 0 Å². The number of rotatable bonds is 10. The molecule has 1 amide bonds. The number of amides is 1. The molecule has 0 bridgehead atoms. The predicted molar refractivity (Wildman–Crippen MR) is 147 cm³/mol. The molecule has 3 aromatic carbocycles. The van der Waals surface area contributed by atoms with Crippen LogP contribution in [0.5, 0.6) is 5.75 Å². The lowest BCUT2D eigenvalue weighted by Crippen LogP contribution is -2.27. The van der Waals surface area contributed by atoms with E-state index in [1.54, 1.807) is 6.08 Å². The van der Waals surface area contributed by atoms with Crippen molar-refractivity contribution in [2.75, 3.05) is 6.61 Å². The van der Waals surface area contributed by atoms with E-state index in [1.165, 1.54) is 11.1 Å². The maximum Gasteiger partial charge on any atom is 0.244 e. The normalized spacial score (nSPS) is 12.4. The number of nitrogens with zero attached hydrogens (tertiary/aromatic N) is 2. The Morgan fingerprint density at radius 1 is 1.03 bits per heavy atom. The molecule has 0 aliphatic rings. The van der Waals surface area contributed by atoms with Gasteiger partial charge >= 0.3 is 0 Å². The Kier molecular flexibility index (Phi) is 8.21. The van der Waals surface area contributed by atoms with Crippen molar-refractivity contribution in [3.63, 3.8) is 0 Å². The van der Waals surface area contributed by atoms with Gasteiger partial charge in [0.25, 0.3) is 0 Å². The van der Waals surface area contributed by atoms with Crippen LogP contribution >= 0.6 is 0 Å². The topological polar surface area (TPSA) is 56.1 Å². The standard InChI is InChI=1S/C31H35N3O2/c1-22(2)26-17-15-23(3)21-29(26)36-20-10-19-34-28-14-9-8-13-27(28)33-31(34)24(4)32-30(35)18-16-25-11-6-5-7-12-25/h5-9,11-18,21-22,24H,10,19-20H2,1-4H3,(H,32,35)/b18-16-. The molecule has 1 unspecified atom stereocenters. The van der Waals surface area contributed by atoms with Gasteiger partial charge in [-0.3, -0.25) is 4.79 Å². The number of imidazole rings is 1. The van der Waals surface area contributed by atoms with Crippen molar-refractivity contribution in [1.82, 2.24) is 14.9 Å². The Balaban J connectivity index is 1.45. The Labute approximate surface area is 213 Å². The zero-order valence-corrected chi connectivity index (χ0v) is 21.6. The van der Waals surface area contributed by atoms with Crippen LogP contribution in [0, 0.1) is 6.92 Å². The van der Waals surface area contributed by atoms with E-state index in [4.69, 9.17) is 9.72 Å². The van der Waals surface area contributed by atoms with Crippen LogP contribution in [0.3, 0.4) is 0 Å². The van der Waals surface area contributed by atoms with E-state index >= 15 is 0 Å². The largest absolute Gasteiger partial charge is 0.493 e. The molecule has 0 aliphatic carbocycles. The van der Waals surface area contributed by atoms with E-state index in [9.17, 15) is 4.79 Å². The van der Waals surface area contributed by atoms with Crippen molar-refractivity contribution in [1.29, 1.82) is 0 Å². The number of nitrogens with one attached hydrogen (secondary N) is 1. The molecule has 5 nitrogen and oxygen atoms in total. The number of ether oxygens (including phenoxy) is 1. The molecule has 0 fully saturated rings. The average molecular weight is 482 g/mol. The summed E-state index contributed by atoms with van der Waals surface area (Å²) in [6.07, 6.45) is 4.22. The van der Waals surface area contributed by atoms with Crippen molar-refractivity contribution in [2.45, 2.75) is 52.6 Å². The fourth-order valence-corrected chi connectivity index (χ4v) is 4.37. The summed E-state index contributed by atoms with van der Waals surface area (Å²) in [4.78, 5) is 17.5. The number of aryl methyl sites for hydroxylation is 2. The van der Waals surface area contributed by atoms with Crippen LogP contribution in [-0.4, -0.2) is 22.1 Å². The highest BCUT2D eigenvalue weighted by Gasteiger charge is 2.18. The number of para-hydroxylation sites is 2. The predicted octanol–water partition coefficient (Wildman–Crippen LogP) is 6.83. The maximum absolute atomic E-state index is 12.6. The van der Waals surface area contributed by atoms with Gasteiger partial charge in [0.1, 0.15) is 11.6 Å². The summed E-state index contributed by atoms with van der Waals surface area (Å²) in [5.74, 6) is 2.07. The van der Waals surface area contributed by atoms with Crippen LogP contribution in [0.1, 0.15) is 61.7 Å². The Morgan fingerprint density at radius 2 is 1.78 bits per heavy atom. The molecule has 0 saturated carbocycles. The van der Waals surface area contributed by atoms with Gasteiger partial charge in [0, 0.05) is 12.6 Å². The van der Waals surface area contributed by atoms with Crippen LogP contribution < -0.4 is 10.1 Å². The first-order valence-electron chi connectivity index (χ1n) is 12.6. The van der Waals surface area contributed by atoms with Crippen molar-refractivity contribution < 1.29 is 9.53 Å². The Morgan fingerprint density at radius 3 is 2.56 bits per heavy atom. The van der Waals surface area contributed by atoms with Gasteiger partial charge < -0.3 is 14.6 Å². The fourth-order valence-electron chi connectivity index (χ4n) is 4.37. The SMILES string of the molecule is Cc1ccc(C(C)C)c(OCCCn2c(C(C)NC(=O)/C=C\c3ccccc3)nc3ccccc32)c1. The minimum Gasteiger partial charge on any atom is -0.493 e. The molecule has 0 saturated heterocycles. The second-order valence-corrected chi connectivity index (χ2v) is 9.48. The molecule has 36 heavy (non-hydrogen) atoms. The monoisotopic (exact) mass is 481 g/mol. The molecule has 1 N–H and O–H groups in total. The number of carbonyl (C=O) groups is 1. The van der Waals surface area contributed by atoms with Gasteiger partial charge in [-0.1, -0.05) is 68.4 Å². The molecule has 1 heterocycles. The van der Waals surface area contributed by atoms with E-state index in [2.05, 4.69) is 54.9 Å². The molecule has 0 radical (unpaired) electrons. The molecule has 5 heteroatoms.